The first kappa shape index (κ1) is 32.3. The zero-order valence-electron chi connectivity index (χ0n) is 21.8. The van der Waals surface area contributed by atoms with Gasteiger partial charge in [0.15, 0.2) is 5.75 Å². The summed E-state index contributed by atoms with van der Waals surface area (Å²) in [6.45, 7) is 0. The zero-order chi connectivity index (χ0) is 27.7. The van der Waals surface area contributed by atoms with Crippen LogP contribution in [-0.2, 0) is 10.1 Å². The molecule has 0 spiro atoms. The Morgan fingerprint density at radius 3 is 1.71 bits per heavy atom. The molecule has 0 heterocycles. The maximum absolute atomic E-state index is 12.0. The van der Waals surface area contributed by atoms with Crippen LogP contribution in [0, 0.1) is 0 Å². The van der Waals surface area contributed by atoms with Crippen LogP contribution < -0.4 is 0 Å². The largest absolute Gasteiger partial charge is 0.507 e. The Bertz CT molecular complexity index is 1970. The first-order valence-corrected chi connectivity index (χ1v) is 12.7. The average Bonchev–Trinajstić information content (AvgIpc) is 2.92. The zero-order valence-corrected chi connectivity index (χ0v) is 26.6. The third-order valence-electron chi connectivity index (χ3n) is 5.86. The van der Waals surface area contributed by atoms with Crippen molar-refractivity contribution < 1.29 is 33.1 Å². The predicted molar refractivity (Wildman–Crippen MR) is 154 cm³/mol. The second-order valence-corrected chi connectivity index (χ2v) is 9.71. The molecule has 0 aliphatic rings. The quantitative estimate of drug-likeness (QED) is 0.100. The number of phenols is 2. The summed E-state index contributed by atoms with van der Waals surface area (Å²) in [7, 11) is -4.61. The van der Waals surface area contributed by atoms with Crippen LogP contribution in [0.1, 0.15) is 10.4 Å². The van der Waals surface area contributed by atoms with Gasteiger partial charge in [0.1, 0.15) is 21.9 Å². The molecule has 11 nitrogen and oxygen atoms in total. The van der Waals surface area contributed by atoms with Crippen LogP contribution >= 0.6 is 0 Å². The summed E-state index contributed by atoms with van der Waals surface area (Å²) < 4.78 is 33.6. The number of carboxylic acid groups (broad SMARTS) is 1. The van der Waals surface area contributed by atoms with Crippen LogP contribution in [-0.4, -0.2) is 93.4 Å². The van der Waals surface area contributed by atoms with Crippen molar-refractivity contribution in [1.29, 1.82) is 0 Å². The SMILES string of the molecule is O=C(O)c1cc(N=Nc2ccc(N=Nc3cc(S(=O)(=O)O)c4ccccc4c3O)c3ccccc23)ccc1O.[Na].[Na]. The van der Waals surface area contributed by atoms with Gasteiger partial charge in [0.25, 0.3) is 10.1 Å². The number of aromatic hydroxyl groups is 2. The number of nitrogens with zero attached hydrogens (tertiary/aromatic N) is 4. The van der Waals surface area contributed by atoms with E-state index in [9.17, 15) is 33.1 Å². The molecule has 41 heavy (non-hydrogen) atoms. The number of aromatic carboxylic acids is 1. The monoisotopic (exact) mass is 588 g/mol. The Kier molecular flexibility index (Phi) is 10.4. The number of azo groups is 2. The predicted octanol–water partition coefficient (Wildman–Crippen LogP) is 6.42. The molecule has 0 aliphatic carbocycles. The molecule has 0 atom stereocenters. The summed E-state index contributed by atoms with van der Waals surface area (Å²) in [6, 6.07) is 21.3. The standard InChI is InChI=1S/C27H18N4O7S.2Na/c32-24-12-9-15(13-20(24)27(34)35)28-29-21-10-11-22(17-6-2-1-5-16(17)21)30-31-23-14-25(39(36,37)38)18-7-3-4-8-19(18)26(23)33;;/h1-14,32-33H,(H,34,35)(H,36,37,38);;. The number of carboxylic acids is 1. The fraction of sp³-hybridized carbons (Fsp3) is 0. The molecule has 0 unspecified atom stereocenters. The van der Waals surface area contributed by atoms with Crippen LogP contribution in [0.4, 0.5) is 22.7 Å². The number of hydrogen-bond donors (Lipinski definition) is 4. The summed E-state index contributed by atoms with van der Waals surface area (Å²) >= 11 is 0. The minimum Gasteiger partial charge on any atom is -0.507 e. The molecule has 14 heteroatoms. The van der Waals surface area contributed by atoms with Crippen molar-refractivity contribution >= 4 is 119 Å². The summed E-state index contributed by atoms with van der Waals surface area (Å²) in [6.07, 6.45) is 0. The number of carbonyl (C=O) groups is 1. The molecular formula is C27H18N4Na2O7S. The number of fused-ring (bicyclic) bond motifs is 2. The van der Waals surface area contributed by atoms with Gasteiger partial charge in [-0.2, -0.15) is 13.5 Å². The molecule has 0 saturated heterocycles. The summed E-state index contributed by atoms with van der Waals surface area (Å²) in [5, 5.41) is 47.8. The number of rotatable bonds is 6. The van der Waals surface area contributed by atoms with Gasteiger partial charge >= 0.3 is 5.97 Å². The second-order valence-electron chi connectivity index (χ2n) is 8.32. The van der Waals surface area contributed by atoms with Gasteiger partial charge in [0.05, 0.1) is 17.1 Å². The Morgan fingerprint density at radius 2 is 1.15 bits per heavy atom. The summed E-state index contributed by atoms with van der Waals surface area (Å²) in [5.74, 6) is -1.99. The van der Waals surface area contributed by atoms with E-state index in [0.29, 0.717) is 22.1 Å². The van der Waals surface area contributed by atoms with Crippen LogP contribution in [0.3, 0.4) is 0 Å². The molecule has 4 N–H and O–H groups in total. The summed E-state index contributed by atoms with van der Waals surface area (Å²) in [4.78, 5) is 10.9. The van der Waals surface area contributed by atoms with E-state index < -0.39 is 21.0 Å². The molecule has 0 saturated carbocycles. The van der Waals surface area contributed by atoms with E-state index in [1.54, 1.807) is 48.5 Å². The Hall–Kier alpha value is -3.20. The van der Waals surface area contributed by atoms with Crippen LogP contribution in [0.25, 0.3) is 21.5 Å². The van der Waals surface area contributed by atoms with Crippen LogP contribution in [0.5, 0.6) is 11.5 Å². The van der Waals surface area contributed by atoms with E-state index in [4.69, 9.17) is 0 Å². The first-order chi connectivity index (χ1) is 18.6. The summed E-state index contributed by atoms with van der Waals surface area (Å²) in [5.41, 5.74) is 0.580. The Labute approximate surface area is 277 Å². The Balaban J connectivity index is 0.00000231. The van der Waals surface area contributed by atoms with E-state index >= 15 is 0 Å². The van der Waals surface area contributed by atoms with Crippen molar-refractivity contribution in [3.8, 4) is 11.5 Å². The van der Waals surface area contributed by atoms with Crippen molar-refractivity contribution in [3.05, 3.63) is 90.5 Å². The molecule has 0 bridgehead atoms. The van der Waals surface area contributed by atoms with E-state index in [1.807, 2.05) is 0 Å². The van der Waals surface area contributed by atoms with E-state index in [1.165, 1.54) is 30.3 Å². The smallest absolute Gasteiger partial charge is 0.339 e. The van der Waals surface area contributed by atoms with Gasteiger partial charge in [0.2, 0.25) is 0 Å². The minimum atomic E-state index is -4.61. The van der Waals surface area contributed by atoms with Crippen molar-refractivity contribution in [2.45, 2.75) is 4.90 Å². The van der Waals surface area contributed by atoms with Crippen molar-refractivity contribution in [3.63, 3.8) is 0 Å². The fourth-order valence-corrected chi connectivity index (χ4v) is 4.74. The van der Waals surface area contributed by atoms with E-state index in [-0.39, 0.29) is 98.3 Å². The van der Waals surface area contributed by atoms with Gasteiger partial charge in [-0.05, 0) is 36.4 Å². The number of benzene rings is 5. The second kappa shape index (κ2) is 13.2. The third kappa shape index (κ3) is 6.83. The normalized spacial score (nSPS) is 11.5. The third-order valence-corrected chi connectivity index (χ3v) is 6.76. The first-order valence-electron chi connectivity index (χ1n) is 11.3. The van der Waals surface area contributed by atoms with Gasteiger partial charge in [-0.3, -0.25) is 4.55 Å². The topological polar surface area (TPSA) is 182 Å². The van der Waals surface area contributed by atoms with E-state index in [2.05, 4.69) is 20.5 Å². The number of hydrogen-bond acceptors (Lipinski definition) is 9. The molecule has 2 radical (unpaired) electrons. The molecule has 0 aromatic heterocycles. The van der Waals surface area contributed by atoms with Gasteiger partial charge in [-0.25, -0.2) is 4.79 Å². The van der Waals surface area contributed by atoms with Crippen molar-refractivity contribution in [2.75, 3.05) is 0 Å². The Morgan fingerprint density at radius 1 is 0.634 bits per heavy atom. The van der Waals surface area contributed by atoms with Gasteiger partial charge in [0, 0.05) is 80.7 Å². The fourth-order valence-electron chi connectivity index (χ4n) is 4.02. The van der Waals surface area contributed by atoms with Crippen molar-refractivity contribution in [1.82, 2.24) is 0 Å². The van der Waals surface area contributed by atoms with Gasteiger partial charge in [-0.15, -0.1) is 15.3 Å². The van der Waals surface area contributed by atoms with Gasteiger partial charge < -0.3 is 15.3 Å². The molecular weight excluding hydrogens is 570 g/mol. The van der Waals surface area contributed by atoms with Crippen LogP contribution in [0.15, 0.2) is 110 Å². The van der Waals surface area contributed by atoms with Crippen LogP contribution in [0.2, 0.25) is 0 Å². The molecule has 5 aromatic rings. The maximum Gasteiger partial charge on any atom is 0.339 e. The van der Waals surface area contributed by atoms with Crippen molar-refractivity contribution in [2.24, 2.45) is 20.5 Å². The maximum atomic E-state index is 12.0. The molecule has 5 rings (SSSR count). The number of phenolic OH excluding ortho intramolecular Hbond substituents is 1. The molecule has 0 fully saturated rings. The molecule has 196 valence electrons. The molecule has 0 aliphatic heterocycles. The average molecular weight is 589 g/mol. The molecule has 5 aromatic carbocycles. The van der Waals surface area contributed by atoms with Gasteiger partial charge in [-0.1, -0.05) is 48.5 Å². The molecule has 0 amide bonds. The van der Waals surface area contributed by atoms with E-state index in [0.717, 1.165) is 6.07 Å². The minimum absolute atomic E-state index is 0.